The van der Waals surface area contributed by atoms with E-state index in [1.165, 1.54) is 5.56 Å². The summed E-state index contributed by atoms with van der Waals surface area (Å²) in [4.78, 5) is 14.7. The van der Waals surface area contributed by atoms with Gasteiger partial charge >= 0.3 is 0 Å². The number of hydrogen-bond donors (Lipinski definition) is 1. The van der Waals surface area contributed by atoms with Gasteiger partial charge in [0, 0.05) is 11.5 Å². The minimum Gasteiger partial charge on any atom is -0.321 e. The molecule has 3 aromatic rings. The molecule has 0 aliphatic carbocycles. The van der Waals surface area contributed by atoms with E-state index in [9.17, 15) is 4.79 Å². The van der Waals surface area contributed by atoms with E-state index >= 15 is 0 Å². The second-order valence-electron chi connectivity index (χ2n) is 5.08. The first-order chi connectivity index (χ1) is 9.54. The molecule has 0 spiro atoms. The molecule has 0 saturated heterocycles. The third-order valence-electron chi connectivity index (χ3n) is 3.41. The number of fused-ring (bicyclic) bond motifs is 1. The minimum atomic E-state index is -0.140. The number of nitrogens with one attached hydrogen (secondary N) is 1. The van der Waals surface area contributed by atoms with E-state index in [1.54, 1.807) is 6.07 Å². The fourth-order valence-electron chi connectivity index (χ4n) is 2.42. The first kappa shape index (κ1) is 12.9. The molecule has 0 radical (unpaired) electrons. The van der Waals surface area contributed by atoms with Crippen molar-refractivity contribution in [3.63, 3.8) is 0 Å². The standard InChI is InChI=1S/C17H14ClNO/c1-10-3-5-12(6-4-10)13-9-16(20)19-17-14(13)7-11(2)8-15(17)18/h3-9H,1-2H3,(H,19,20). The molecular weight excluding hydrogens is 270 g/mol. The number of rotatable bonds is 1. The van der Waals surface area contributed by atoms with Crippen LogP contribution >= 0.6 is 11.6 Å². The van der Waals surface area contributed by atoms with Gasteiger partial charge in [0.1, 0.15) is 0 Å². The van der Waals surface area contributed by atoms with Crippen LogP contribution in [0.25, 0.3) is 22.0 Å². The SMILES string of the molecule is Cc1ccc(-c2cc(=O)[nH]c3c(Cl)cc(C)cc23)cc1. The zero-order valence-electron chi connectivity index (χ0n) is 11.3. The van der Waals surface area contributed by atoms with Crippen LogP contribution in [0, 0.1) is 13.8 Å². The Morgan fingerprint density at radius 1 is 0.950 bits per heavy atom. The van der Waals surface area contributed by atoms with Gasteiger partial charge in [0.2, 0.25) is 5.56 Å². The smallest absolute Gasteiger partial charge is 0.249 e. The lowest BCUT2D eigenvalue weighted by Crippen LogP contribution is -2.05. The normalized spacial score (nSPS) is 10.9. The van der Waals surface area contributed by atoms with Gasteiger partial charge in [-0.15, -0.1) is 0 Å². The molecule has 0 amide bonds. The van der Waals surface area contributed by atoms with Gasteiger partial charge in [0.25, 0.3) is 0 Å². The molecular formula is C17H14ClNO. The van der Waals surface area contributed by atoms with Crippen molar-refractivity contribution in [1.29, 1.82) is 0 Å². The number of hydrogen-bond acceptors (Lipinski definition) is 1. The summed E-state index contributed by atoms with van der Waals surface area (Å²) in [6.07, 6.45) is 0. The molecule has 0 aliphatic rings. The van der Waals surface area contributed by atoms with E-state index in [-0.39, 0.29) is 5.56 Å². The van der Waals surface area contributed by atoms with Crippen molar-refractivity contribution in [1.82, 2.24) is 4.98 Å². The number of pyridine rings is 1. The van der Waals surface area contributed by atoms with Gasteiger partial charge in [-0.1, -0.05) is 41.4 Å². The van der Waals surface area contributed by atoms with E-state index in [0.717, 1.165) is 22.1 Å². The molecule has 3 rings (SSSR count). The van der Waals surface area contributed by atoms with Crippen molar-refractivity contribution < 1.29 is 0 Å². The Hall–Kier alpha value is -2.06. The second-order valence-corrected chi connectivity index (χ2v) is 5.49. The Labute approximate surface area is 122 Å². The third kappa shape index (κ3) is 2.23. The van der Waals surface area contributed by atoms with Crippen LogP contribution in [0.15, 0.2) is 47.3 Å². The summed E-state index contributed by atoms with van der Waals surface area (Å²) in [5, 5.41) is 1.55. The van der Waals surface area contributed by atoms with Gasteiger partial charge in [0.15, 0.2) is 0 Å². The Bertz CT molecular complexity index is 847. The highest BCUT2D eigenvalue weighted by molar-refractivity contribution is 6.35. The van der Waals surface area contributed by atoms with Crippen LogP contribution in [-0.4, -0.2) is 4.98 Å². The van der Waals surface area contributed by atoms with E-state index in [4.69, 9.17) is 11.6 Å². The maximum absolute atomic E-state index is 11.9. The largest absolute Gasteiger partial charge is 0.321 e. The fourth-order valence-corrected chi connectivity index (χ4v) is 2.74. The number of halogens is 1. The summed E-state index contributed by atoms with van der Waals surface area (Å²) in [5.74, 6) is 0. The molecule has 2 aromatic carbocycles. The van der Waals surface area contributed by atoms with Crippen molar-refractivity contribution in [2.24, 2.45) is 0 Å². The van der Waals surface area contributed by atoms with Gasteiger partial charge in [-0.2, -0.15) is 0 Å². The van der Waals surface area contributed by atoms with Crippen molar-refractivity contribution >= 4 is 22.5 Å². The summed E-state index contributed by atoms with van der Waals surface area (Å²) in [5.41, 5.74) is 4.75. The monoisotopic (exact) mass is 283 g/mol. The quantitative estimate of drug-likeness (QED) is 0.702. The van der Waals surface area contributed by atoms with E-state index in [2.05, 4.69) is 4.98 Å². The summed E-state index contributed by atoms with van der Waals surface area (Å²) in [6, 6.07) is 13.7. The molecule has 0 fully saturated rings. The van der Waals surface area contributed by atoms with Gasteiger partial charge in [-0.25, -0.2) is 0 Å². The van der Waals surface area contributed by atoms with Crippen LogP contribution in [0.3, 0.4) is 0 Å². The van der Waals surface area contributed by atoms with Crippen molar-refractivity contribution in [2.75, 3.05) is 0 Å². The van der Waals surface area contributed by atoms with Crippen LogP contribution in [0.1, 0.15) is 11.1 Å². The fraction of sp³-hybridized carbons (Fsp3) is 0.118. The summed E-state index contributed by atoms with van der Waals surface area (Å²) in [7, 11) is 0. The molecule has 0 aliphatic heterocycles. The topological polar surface area (TPSA) is 32.9 Å². The maximum atomic E-state index is 11.9. The Kier molecular flexibility index (Phi) is 3.11. The number of aromatic nitrogens is 1. The van der Waals surface area contributed by atoms with Crippen LogP contribution in [0.4, 0.5) is 0 Å². The molecule has 20 heavy (non-hydrogen) atoms. The zero-order chi connectivity index (χ0) is 14.3. The zero-order valence-corrected chi connectivity index (χ0v) is 12.1. The summed E-state index contributed by atoms with van der Waals surface area (Å²) < 4.78 is 0. The van der Waals surface area contributed by atoms with Gasteiger partial charge in [-0.05, 0) is 42.7 Å². The predicted octanol–water partition coefficient (Wildman–Crippen LogP) is 4.47. The molecule has 1 aromatic heterocycles. The molecule has 0 saturated carbocycles. The maximum Gasteiger partial charge on any atom is 0.249 e. The molecule has 0 bridgehead atoms. The Balaban J connectivity index is 2.40. The Morgan fingerprint density at radius 2 is 1.65 bits per heavy atom. The van der Waals surface area contributed by atoms with E-state index < -0.39 is 0 Å². The van der Waals surface area contributed by atoms with Gasteiger partial charge < -0.3 is 4.98 Å². The first-order valence-corrected chi connectivity index (χ1v) is 6.82. The predicted molar refractivity (Wildman–Crippen MR) is 84.5 cm³/mol. The summed E-state index contributed by atoms with van der Waals surface area (Å²) in [6.45, 7) is 4.04. The van der Waals surface area contributed by atoms with Crippen molar-refractivity contribution in [2.45, 2.75) is 13.8 Å². The lowest BCUT2D eigenvalue weighted by molar-refractivity contribution is 1.30. The highest BCUT2D eigenvalue weighted by Crippen LogP contribution is 2.31. The number of aryl methyl sites for hydroxylation is 2. The molecule has 3 heteroatoms. The summed E-state index contributed by atoms with van der Waals surface area (Å²) >= 11 is 6.25. The highest BCUT2D eigenvalue weighted by atomic mass is 35.5. The number of aromatic amines is 1. The average Bonchev–Trinajstić information content (AvgIpc) is 2.40. The average molecular weight is 284 g/mol. The lowest BCUT2D eigenvalue weighted by atomic mass is 9.99. The number of H-pyrrole nitrogens is 1. The van der Waals surface area contributed by atoms with Crippen molar-refractivity contribution in [3.05, 3.63) is 69.0 Å². The molecule has 1 N–H and O–H groups in total. The molecule has 1 heterocycles. The van der Waals surface area contributed by atoms with Crippen LogP contribution in [0.2, 0.25) is 5.02 Å². The lowest BCUT2D eigenvalue weighted by Gasteiger charge is -2.09. The van der Waals surface area contributed by atoms with Crippen LogP contribution in [-0.2, 0) is 0 Å². The Morgan fingerprint density at radius 3 is 2.35 bits per heavy atom. The number of benzene rings is 2. The molecule has 0 atom stereocenters. The molecule has 2 nitrogen and oxygen atoms in total. The molecule has 100 valence electrons. The van der Waals surface area contributed by atoms with Gasteiger partial charge in [-0.3, -0.25) is 4.79 Å². The second kappa shape index (κ2) is 4.80. The van der Waals surface area contributed by atoms with E-state index in [1.807, 2.05) is 50.2 Å². The van der Waals surface area contributed by atoms with Crippen LogP contribution in [0.5, 0.6) is 0 Å². The van der Waals surface area contributed by atoms with Crippen molar-refractivity contribution in [3.8, 4) is 11.1 Å². The van der Waals surface area contributed by atoms with Crippen LogP contribution < -0.4 is 5.56 Å². The molecule has 0 unspecified atom stereocenters. The third-order valence-corrected chi connectivity index (χ3v) is 3.71. The first-order valence-electron chi connectivity index (χ1n) is 6.45. The minimum absolute atomic E-state index is 0.140. The van der Waals surface area contributed by atoms with Gasteiger partial charge in [0.05, 0.1) is 10.5 Å². The highest BCUT2D eigenvalue weighted by Gasteiger charge is 2.09. The van der Waals surface area contributed by atoms with E-state index in [0.29, 0.717) is 10.5 Å².